The summed E-state index contributed by atoms with van der Waals surface area (Å²) in [4.78, 5) is 41.7. The van der Waals surface area contributed by atoms with Crippen molar-refractivity contribution in [2.75, 3.05) is 19.7 Å². The lowest BCUT2D eigenvalue weighted by Gasteiger charge is -2.34. The van der Waals surface area contributed by atoms with Gasteiger partial charge in [-0.3, -0.25) is 9.59 Å². The summed E-state index contributed by atoms with van der Waals surface area (Å²) >= 11 is 0. The maximum atomic E-state index is 14.1. The first-order valence-electron chi connectivity index (χ1n) is 13.3. The van der Waals surface area contributed by atoms with Gasteiger partial charge in [-0.15, -0.1) is 0 Å². The maximum Gasteiger partial charge on any atom is 0.408 e. The quantitative estimate of drug-likeness (QED) is 0.360. The Labute approximate surface area is 226 Å². The van der Waals surface area contributed by atoms with Crippen LogP contribution in [0.3, 0.4) is 0 Å². The van der Waals surface area contributed by atoms with Gasteiger partial charge in [-0.1, -0.05) is 61.9 Å². The first kappa shape index (κ1) is 30.8. The molecule has 0 saturated heterocycles. The fraction of sp³-hybridized carbons (Fsp3) is 0.500. The molecule has 3 N–H and O–H groups in total. The molecule has 0 bridgehead atoms. The van der Waals surface area contributed by atoms with E-state index < -0.39 is 29.7 Å². The molecule has 3 amide bonds. The fourth-order valence-electron chi connectivity index (χ4n) is 4.07. The van der Waals surface area contributed by atoms with Crippen molar-refractivity contribution in [3.8, 4) is 0 Å². The van der Waals surface area contributed by atoms with E-state index in [0.717, 1.165) is 29.5 Å². The summed E-state index contributed by atoms with van der Waals surface area (Å²) in [6.07, 6.45) is 1.17. The van der Waals surface area contributed by atoms with Crippen LogP contribution in [-0.2, 0) is 20.7 Å². The minimum atomic E-state index is -1.02. The zero-order chi connectivity index (χ0) is 28.3. The highest BCUT2D eigenvalue weighted by molar-refractivity contribution is 5.92. The van der Waals surface area contributed by atoms with Crippen molar-refractivity contribution in [3.05, 3.63) is 70.8 Å². The third-order valence-corrected chi connectivity index (χ3v) is 6.13. The molecule has 2 aromatic rings. The molecule has 0 heterocycles. The van der Waals surface area contributed by atoms with Crippen LogP contribution in [0, 0.1) is 13.8 Å². The average Bonchev–Trinajstić information content (AvgIpc) is 2.84. The van der Waals surface area contributed by atoms with E-state index in [1.54, 1.807) is 20.8 Å². The van der Waals surface area contributed by atoms with E-state index in [0.29, 0.717) is 12.1 Å². The van der Waals surface area contributed by atoms with Crippen molar-refractivity contribution < 1.29 is 24.2 Å². The van der Waals surface area contributed by atoms with E-state index in [4.69, 9.17) is 4.74 Å². The summed E-state index contributed by atoms with van der Waals surface area (Å²) in [5.74, 6) is -0.818. The Morgan fingerprint density at radius 1 is 1.03 bits per heavy atom. The summed E-state index contributed by atoms with van der Waals surface area (Å²) in [6, 6.07) is 13.0. The highest BCUT2D eigenvalue weighted by Crippen LogP contribution is 2.25. The molecule has 0 radical (unpaired) electrons. The van der Waals surface area contributed by atoms with E-state index in [2.05, 4.69) is 10.6 Å². The van der Waals surface area contributed by atoms with Gasteiger partial charge in [0.1, 0.15) is 17.7 Å². The largest absolute Gasteiger partial charge is 0.444 e. The first-order chi connectivity index (χ1) is 18.0. The summed E-state index contributed by atoms with van der Waals surface area (Å²) in [7, 11) is 0. The Morgan fingerprint density at radius 3 is 2.29 bits per heavy atom. The molecular weight excluding hydrogens is 482 g/mol. The molecule has 8 nitrogen and oxygen atoms in total. The second kappa shape index (κ2) is 14.5. The van der Waals surface area contributed by atoms with Crippen LogP contribution >= 0.6 is 0 Å². The van der Waals surface area contributed by atoms with E-state index >= 15 is 0 Å². The molecule has 0 aliphatic rings. The van der Waals surface area contributed by atoms with Gasteiger partial charge in [0.05, 0.1) is 6.61 Å². The number of benzene rings is 2. The van der Waals surface area contributed by atoms with Crippen molar-refractivity contribution in [3.63, 3.8) is 0 Å². The molecule has 8 heteroatoms. The topological polar surface area (TPSA) is 108 Å². The van der Waals surface area contributed by atoms with Crippen LogP contribution in [0.15, 0.2) is 48.5 Å². The Balaban J connectivity index is 2.50. The summed E-state index contributed by atoms with van der Waals surface area (Å²) in [5, 5.41) is 15.6. The second-order valence-corrected chi connectivity index (χ2v) is 10.5. The lowest BCUT2D eigenvalue weighted by Crippen LogP contribution is -2.54. The molecule has 38 heavy (non-hydrogen) atoms. The van der Waals surface area contributed by atoms with Gasteiger partial charge >= 0.3 is 6.09 Å². The molecule has 0 aliphatic heterocycles. The Morgan fingerprint density at radius 2 is 1.71 bits per heavy atom. The Bertz CT molecular complexity index is 1070. The summed E-state index contributed by atoms with van der Waals surface area (Å²) in [6.45, 7) is 11.2. The number of carbonyl (C=O) groups is 3. The minimum absolute atomic E-state index is 0.0844. The zero-order valence-corrected chi connectivity index (χ0v) is 23.5. The third kappa shape index (κ3) is 9.49. The smallest absolute Gasteiger partial charge is 0.408 e. The maximum absolute atomic E-state index is 14.1. The number of aryl methyl sites for hydroxylation is 2. The van der Waals surface area contributed by atoms with Crippen molar-refractivity contribution in [2.24, 2.45) is 0 Å². The molecular formula is C30H43N3O5. The van der Waals surface area contributed by atoms with E-state index in [-0.39, 0.29) is 25.5 Å². The number of alkyl carbamates (subject to hydrolysis) is 1. The zero-order valence-electron chi connectivity index (χ0n) is 23.5. The van der Waals surface area contributed by atoms with E-state index in [1.807, 2.05) is 69.3 Å². The lowest BCUT2D eigenvalue weighted by atomic mass is 9.97. The second-order valence-electron chi connectivity index (χ2n) is 10.5. The predicted octanol–water partition coefficient (Wildman–Crippen LogP) is 4.22. The van der Waals surface area contributed by atoms with Crippen molar-refractivity contribution in [2.45, 2.75) is 78.5 Å². The van der Waals surface area contributed by atoms with Gasteiger partial charge in [0.25, 0.3) is 0 Å². The molecule has 208 valence electrons. The minimum Gasteiger partial charge on any atom is -0.444 e. The van der Waals surface area contributed by atoms with E-state index in [1.165, 1.54) is 4.90 Å². The average molecular weight is 526 g/mol. The molecule has 0 fully saturated rings. The molecule has 0 saturated carbocycles. The molecule has 2 rings (SSSR count). The van der Waals surface area contributed by atoms with Crippen LogP contribution in [0.4, 0.5) is 4.79 Å². The fourth-order valence-corrected chi connectivity index (χ4v) is 4.07. The van der Waals surface area contributed by atoms with Crippen LogP contribution in [0.5, 0.6) is 0 Å². The van der Waals surface area contributed by atoms with Gasteiger partial charge in [-0.05, 0) is 63.3 Å². The number of nitrogens with zero attached hydrogens (tertiary/aromatic N) is 1. The van der Waals surface area contributed by atoms with E-state index in [9.17, 15) is 19.5 Å². The molecule has 2 atom stereocenters. The standard InChI is InChI=1S/C30H43N3O5/c1-7-8-16-31-27(35)26(24-15-14-21(2)22(3)19-24)33(17-18-34)28(36)25(20-23-12-10-9-11-13-23)32-29(37)38-30(4,5)6/h9-15,19,25-26,34H,7-8,16-18,20H2,1-6H3,(H,31,35)(H,32,37). The number of ether oxygens (including phenoxy) is 1. The van der Waals surface area contributed by atoms with Gasteiger partial charge in [-0.25, -0.2) is 4.79 Å². The number of unbranched alkanes of at least 4 members (excludes halogenated alkanes) is 1. The first-order valence-corrected chi connectivity index (χ1v) is 13.3. The summed E-state index contributed by atoms with van der Waals surface area (Å²) < 4.78 is 5.43. The number of hydrogen-bond acceptors (Lipinski definition) is 5. The van der Waals surface area contributed by atoms with Crippen molar-refractivity contribution in [1.29, 1.82) is 0 Å². The number of amides is 3. The predicted molar refractivity (Wildman–Crippen MR) is 149 cm³/mol. The highest BCUT2D eigenvalue weighted by Gasteiger charge is 2.36. The van der Waals surface area contributed by atoms with Crippen LogP contribution in [-0.4, -0.2) is 59.3 Å². The van der Waals surface area contributed by atoms with Gasteiger partial charge in [0.2, 0.25) is 11.8 Å². The molecule has 0 aromatic heterocycles. The van der Waals surface area contributed by atoms with Gasteiger partial charge in [0.15, 0.2) is 0 Å². The monoisotopic (exact) mass is 525 g/mol. The Hall–Kier alpha value is -3.39. The number of hydrogen-bond donors (Lipinski definition) is 3. The van der Waals surface area contributed by atoms with Crippen LogP contribution in [0.1, 0.15) is 68.8 Å². The van der Waals surface area contributed by atoms with Crippen LogP contribution in [0.25, 0.3) is 0 Å². The normalized spacial score (nSPS) is 12.8. The highest BCUT2D eigenvalue weighted by atomic mass is 16.6. The van der Waals surface area contributed by atoms with Gasteiger partial charge in [0, 0.05) is 19.5 Å². The van der Waals surface area contributed by atoms with Crippen molar-refractivity contribution in [1.82, 2.24) is 15.5 Å². The molecule has 0 spiro atoms. The number of aliphatic hydroxyl groups is 1. The molecule has 0 aliphatic carbocycles. The number of carbonyl (C=O) groups excluding carboxylic acids is 3. The molecule has 2 unspecified atom stereocenters. The van der Waals surface area contributed by atoms with Crippen LogP contribution < -0.4 is 10.6 Å². The lowest BCUT2D eigenvalue weighted by molar-refractivity contribution is -0.143. The van der Waals surface area contributed by atoms with Gasteiger partial charge < -0.3 is 25.4 Å². The molecule has 2 aromatic carbocycles. The summed E-state index contributed by atoms with van der Waals surface area (Å²) in [5.41, 5.74) is 2.77. The number of rotatable bonds is 12. The number of aliphatic hydroxyl groups excluding tert-OH is 1. The van der Waals surface area contributed by atoms with Crippen molar-refractivity contribution >= 4 is 17.9 Å². The Kier molecular flexibility index (Phi) is 11.8. The van der Waals surface area contributed by atoms with Gasteiger partial charge in [-0.2, -0.15) is 0 Å². The SMILES string of the molecule is CCCCNC(=O)C(c1ccc(C)c(C)c1)N(CCO)C(=O)C(Cc1ccccc1)NC(=O)OC(C)(C)C. The van der Waals surface area contributed by atoms with Crippen LogP contribution in [0.2, 0.25) is 0 Å². The third-order valence-electron chi connectivity index (χ3n) is 6.13. The number of nitrogens with one attached hydrogen (secondary N) is 2.